The second-order valence-corrected chi connectivity index (χ2v) is 6.81. The number of aryl methyl sites for hydroxylation is 2. The van der Waals surface area contributed by atoms with Crippen molar-refractivity contribution in [2.45, 2.75) is 39.0 Å². The van der Waals surface area contributed by atoms with E-state index < -0.39 is 0 Å². The SMILES string of the molecule is Cc1cccc(-c2nc(CCC(=O)N3CCCCC3)cs2)c1. The van der Waals surface area contributed by atoms with Gasteiger partial charge in [-0.1, -0.05) is 23.8 Å². The van der Waals surface area contributed by atoms with Crippen LogP contribution in [0.25, 0.3) is 10.6 Å². The first-order valence-electron chi connectivity index (χ1n) is 8.01. The molecule has 1 amide bonds. The maximum Gasteiger partial charge on any atom is 0.222 e. The molecule has 1 saturated heterocycles. The Labute approximate surface area is 136 Å². The van der Waals surface area contributed by atoms with Gasteiger partial charge in [-0.3, -0.25) is 4.79 Å². The third-order valence-electron chi connectivity index (χ3n) is 4.12. The molecule has 1 aliphatic rings. The van der Waals surface area contributed by atoms with Crippen LogP contribution in [0, 0.1) is 6.92 Å². The fourth-order valence-electron chi connectivity index (χ4n) is 2.87. The van der Waals surface area contributed by atoms with Crippen LogP contribution in [-0.4, -0.2) is 28.9 Å². The third kappa shape index (κ3) is 3.74. The van der Waals surface area contributed by atoms with Crippen LogP contribution < -0.4 is 0 Å². The van der Waals surface area contributed by atoms with Gasteiger partial charge in [0.15, 0.2) is 0 Å². The highest BCUT2D eigenvalue weighted by molar-refractivity contribution is 7.13. The summed E-state index contributed by atoms with van der Waals surface area (Å²) in [6, 6.07) is 8.40. The van der Waals surface area contributed by atoms with Gasteiger partial charge in [-0.25, -0.2) is 4.98 Å². The van der Waals surface area contributed by atoms with E-state index in [4.69, 9.17) is 0 Å². The van der Waals surface area contributed by atoms with Gasteiger partial charge in [0.05, 0.1) is 5.69 Å². The van der Waals surface area contributed by atoms with Crippen LogP contribution in [0.1, 0.15) is 36.9 Å². The van der Waals surface area contributed by atoms with Crippen molar-refractivity contribution in [2.24, 2.45) is 0 Å². The van der Waals surface area contributed by atoms with Crippen LogP contribution in [0.3, 0.4) is 0 Å². The zero-order valence-corrected chi connectivity index (χ0v) is 13.9. The summed E-state index contributed by atoms with van der Waals surface area (Å²) < 4.78 is 0. The highest BCUT2D eigenvalue weighted by Gasteiger charge is 2.16. The molecule has 0 bridgehead atoms. The van der Waals surface area contributed by atoms with Gasteiger partial charge in [0.25, 0.3) is 0 Å². The minimum absolute atomic E-state index is 0.282. The summed E-state index contributed by atoms with van der Waals surface area (Å²) in [5, 5.41) is 3.13. The van der Waals surface area contributed by atoms with E-state index in [2.05, 4.69) is 41.6 Å². The van der Waals surface area contributed by atoms with Gasteiger partial charge in [0, 0.05) is 30.5 Å². The first kappa shape index (κ1) is 15.2. The Morgan fingerprint density at radius 1 is 1.27 bits per heavy atom. The largest absolute Gasteiger partial charge is 0.343 e. The molecule has 1 aromatic carbocycles. The quantitative estimate of drug-likeness (QED) is 0.852. The van der Waals surface area contributed by atoms with Gasteiger partial charge in [-0.2, -0.15) is 0 Å². The number of aromatic nitrogens is 1. The van der Waals surface area contributed by atoms with Crippen molar-refractivity contribution < 1.29 is 4.79 Å². The maximum atomic E-state index is 12.2. The molecule has 2 heterocycles. The summed E-state index contributed by atoms with van der Waals surface area (Å²) in [4.78, 5) is 18.9. The number of hydrogen-bond donors (Lipinski definition) is 0. The molecule has 1 aromatic heterocycles. The summed E-state index contributed by atoms with van der Waals surface area (Å²) in [6.07, 6.45) is 4.89. The van der Waals surface area contributed by atoms with Crippen molar-refractivity contribution in [2.75, 3.05) is 13.1 Å². The van der Waals surface area contributed by atoms with Crippen LogP contribution in [-0.2, 0) is 11.2 Å². The molecule has 0 spiro atoms. The van der Waals surface area contributed by atoms with E-state index in [0.29, 0.717) is 6.42 Å². The van der Waals surface area contributed by atoms with Crippen LogP contribution in [0.5, 0.6) is 0 Å². The summed E-state index contributed by atoms with van der Waals surface area (Å²) in [5.74, 6) is 0.282. The molecule has 0 radical (unpaired) electrons. The van der Waals surface area contributed by atoms with Gasteiger partial charge in [0.2, 0.25) is 5.91 Å². The Morgan fingerprint density at radius 2 is 2.09 bits per heavy atom. The molecule has 22 heavy (non-hydrogen) atoms. The normalized spacial score (nSPS) is 15.0. The highest BCUT2D eigenvalue weighted by atomic mass is 32.1. The lowest BCUT2D eigenvalue weighted by Gasteiger charge is -2.26. The molecule has 0 unspecified atom stereocenters. The topological polar surface area (TPSA) is 33.2 Å². The second kappa shape index (κ2) is 7.05. The number of thiazole rings is 1. The van der Waals surface area contributed by atoms with E-state index in [1.165, 1.54) is 17.5 Å². The molecule has 3 rings (SSSR count). The Hall–Kier alpha value is -1.68. The van der Waals surface area contributed by atoms with Crippen molar-refractivity contribution in [3.63, 3.8) is 0 Å². The van der Waals surface area contributed by atoms with E-state index in [-0.39, 0.29) is 5.91 Å². The lowest BCUT2D eigenvalue weighted by Crippen LogP contribution is -2.35. The molecular weight excluding hydrogens is 292 g/mol. The smallest absolute Gasteiger partial charge is 0.222 e. The van der Waals surface area contributed by atoms with Crippen LogP contribution >= 0.6 is 11.3 Å². The minimum Gasteiger partial charge on any atom is -0.343 e. The third-order valence-corrected chi connectivity index (χ3v) is 5.06. The molecular formula is C18H22N2OS. The molecule has 1 fully saturated rings. The predicted molar refractivity (Wildman–Crippen MR) is 91.0 cm³/mol. The van der Waals surface area contributed by atoms with Crippen molar-refractivity contribution in [3.8, 4) is 10.6 Å². The summed E-state index contributed by atoms with van der Waals surface area (Å²) in [5.41, 5.74) is 3.44. The van der Waals surface area contributed by atoms with E-state index in [1.807, 2.05) is 4.90 Å². The lowest BCUT2D eigenvalue weighted by atomic mass is 10.1. The Morgan fingerprint density at radius 3 is 2.86 bits per heavy atom. The van der Waals surface area contributed by atoms with E-state index >= 15 is 0 Å². The van der Waals surface area contributed by atoms with Crippen molar-refractivity contribution in [3.05, 3.63) is 40.9 Å². The van der Waals surface area contributed by atoms with Gasteiger partial charge in [-0.05, 0) is 38.7 Å². The number of carbonyl (C=O) groups is 1. The fraction of sp³-hybridized carbons (Fsp3) is 0.444. The molecule has 0 N–H and O–H groups in total. The average molecular weight is 314 g/mol. The number of piperidine rings is 1. The van der Waals surface area contributed by atoms with Gasteiger partial charge in [-0.15, -0.1) is 11.3 Å². The van der Waals surface area contributed by atoms with Crippen molar-refractivity contribution in [1.82, 2.24) is 9.88 Å². The van der Waals surface area contributed by atoms with E-state index in [0.717, 1.165) is 43.1 Å². The molecule has 3 nitrogen and oxygen atoms in total. The maximum absolute atomic E-state index is 12.2. The summed E-state index contributed by atoms with van der Waals surface area (Å²) in [6.45, 7) is 3.96. The molecule has 0 saturated carbocycles. The molecule has 0 atom stereocenters. The first-order valence-corrected chi connectivity index (χ1v) is 8.89. The number of carbonyl (C=O) groups excluding carboxylic acids is 1. The van der Waals surface area contributed by atoms with Crippen LogP contribution in [0.2, 0.25) is 0 Å². The van der Waals surface area contributed by atoms with Gasteiger partial charge < -0.3 is 4.90 Å². The summed E-state index contributed by atoms with van der Waals surface area (Å²) in [7, 11) is 0. The predicted octanol–water partition coefficient (Wildman–Crippen LogP) is 4.06. The zero-order valence-electron chi connectivity index (χ0n) is 13.0. The Balaban J connectivity index is 1.59. The van der Waals surface area contributed by atoms with Crippen molar-refractivity contribution >= 4 is 17.2 Å². The molecule has 116 valence electrons. The molecule has 4 heteroatoms. The first-order chi connectivity index (χ1) is 10.7. The Bertz CT molecular complexity index is 644. The lowest BCUT2D eigenvalue weighted by molar-refractivity contribution is -0.132. The van der Waals surface area contributed by atoms with E-state index in [1.54, 1.807) is 11.3 Å². The fourth-order valence-corrected chi connectivity index (χ4v) is 3.72. The molecule has 2 aromatic rings. The molecule has 0 aliphatic carbocycles. The van der Waals surface area contributed by atoms with Crippen molar-refractivity contribution in [1.29, 1.82) is 0 Å². The van der Waals surface area contributed by atoms with Crippen LogP contribution in [0.15, 0.2) is 29.6 Å². The standard InChI is InChI=1S/C18H22N2OS/c1-14-6-5-7-15(12-14)18-19-16(13-22-18)8-9-17(21)20-10-3-2-4-11-20/h5-7,12-13H,2-4,8-11H2,1H3. The number of likely N-dealkylation sites (tertiary alicyclic amines) is 1. The number of nitrogens with zero attached hydrogens (tertiary/aromatic N) is 2. The van der Waals surface area contributed by atoms with Crippen LogP contribution in [0.4, 0.5) is 0 Å². The minimum atomic E-state index is 0.282. The number of amides is 1. The summed E-state index contributed by atoms with van der Waals surface area (Å²) >= 11 is 1.66. The highest BCUT2D eigenvalue weighted by Crippen LogP contribution is 2.25. The monoisotopic (exact) mass is 314 g/mol. The number of rotatable bonds is 4. The Kier molecular flexibility index (Phi) is 4.88. The average Bonchev–Trinajstić information content (AvgIpc) is 3.02. The van der Waals surface area contributed by atoms with E-state index in [9.17, 15) is 4.79 Å². The number of benzene rings is 1. The van der Waals surface area contributed by atoms with Gasteiger partial charge in [0.1, 0.15) is 5.01 Å². The number of hydrogen-bond acceptors (Lipinski definition) is 3. The zero-order chi connectivity index (χ0) is 15.4. The molecule has 1 aliphatic heterocycles. The second-order valence-electron chi connectivity index (χ2n) is 5.95. The van der Waals surface area contributed by atoms with Gasteiger partial charge >= 0.3 is 0 Å².